The lowest BCUT2D eigenvalue weighted by molar-refractivity contribution is 0.602. The van der Waals surface area contributed by atoms with Crippen molar-refractivity contribution in [1.82, 2.24) is 10.3 Å². The fraction of sp³-hybridized carbons (Fsp3) is 0.294. The summed E-state index contributed by atoms with van der Waals surface area (Å²) in [5, 5.41) is 3.05. The molecule has 1 heterocycles. The maximum absolute atomic E-state index is 11.4. The van der Waals surface area contributed by atoms with Crippen LogP contribution < -0.4 is 11.1 Å². The number of hydrogen-bond acceptors (Lipinski definition) is 4. The van der Waals surface area contributed by atoms with Gasteiger partial charge in [-0.25, -0.2) is 8.42 Å². The Hall–Kier alpha value is -2.41. The van der Waals surface area contributed by atoms with Gasteiger partial charge in [-0.1, -0.05) is 18.2 Å². The first-order valence-corrected chi connectivity index (χ1v) is 9.57. The van der Waals surface area contributed by atoms with E-state index in [0.717, 1.165) is 24.1 Å². The minimum atomic E-state index is -3.15. The van der Waals surface area contributed by atoms with Crippen molar-refractivity contribution in [3.8, 4) is 0 Å². The van der Waals surface area contributed by atoms with Gasteiger partial charge >= 0.3 is 0 Å². The second-order valence-electron chi connectivity index (χ2n) is 5.43. The molecular formula is C17H22N4O2S. The maximum atomic E-state index is 11.4. The quantitative estimate of drug-likeness (QED) is 0.579. The predicted octanol–water partition coefficient (Wildman–Crippen LogP) is 1.17. The Morgan fingerprint density at radius 2 is 1.92 bits per heavy atom. The van der Waals surface area contributed by atoms with Gasteiger partial charge in [0, 0.05) is 37.7 Å². The summed E-state index contributed by atoms with van der Waals surface area (Å²) >= 11 is 0. The van der Waals surface area contributed by atoms with Crippen molar-refractivity contribution in [3.05, 3.63) is 59.9 Å². The number of sulfone groups is 1. The Morgan fingerprint density at radius 1 is 1.17 bits per heavy atom. The van der Waals surface area contributed by atoms with E-state index in [1.54, 1.807) is 18.3 Å². The number of nitrogens with two attached hydrogens (primary N) is 1. The van der Waals surface area contributed by atoms with Gasteiger partial charge in [0.2, 0.25) is 0 Å². The molecule has 1 aromatic carbocycles. The number of pyridine rings is 1. The summed E-state index contributed by atoms with van der Waals surface area (Å²) in [5.74, 6) is 0.402. The zero-order chi connectivity index (χ0) is 17.4. The SMILES string of the molecule is CS(=O)(=O)c1ccc(CCNC(N)=NCCc2ccccn2)cc1. The first-order chi connectivity index (χ1) is 11.4. The molecule has 7 heteroatoms. The van der Waals surface area contributed by atoms with Gasteiger partial charge in [-0.3, -0.25) is 9.98 Å². The summed E-state index contributed by atoms with van der Waals surface area (Å²) in [6.45, 7) is 1.22. The van der Waals surface area contributed by atoms with Crippen LogP contribution in [0.3, 0.4) is 0 Å². The second kappa shape index (κ2) is 8.44. The Labute approximate surface area is 142 Å². The lowest BCUT2D eigenvalue weighted by Gasteiger charge is -2.06. The molecule has 24 heavy (non-hydrogen) atoms. The summed E-state index contributed by atoms with van der Waals surface area (Å²) in [5.41, 5.74) is 7.85. The topological polar surface area (TPSA) is 97.4 Å². The van der Waals surface area contributed by atoms with Crippen molar-refractivity contribution in [2.24, 2.45) is 10.7 Å². The molecule has 2 rings (SSSR count). The Balaban J connectivity index is 1.74. The van der Waals surface area contributed by atoms with E-state index in [4.69, 9.17) is 5.73 Å². The zero-order valence-corrected chi connectivity index (χ0v) is 14.5. The van der Waals surface area contributed by atoms with Gasteiger partial charge in [0.1, 0.15) is 0 Å². The van der Waals surface area contributed by atoms with Crippen molar-refractivity contribution in [1.29, 1.82) is 0 Å². The highest BCUT2D eigenvalue weighted by Crippen LogP contribution is 2.10. The van der Waals surface area contributed by atoms with Crippen molar-refractivity contribution in [2.45, 2.75) is 17.7 Å². The van der Waals surface area contributed by atoms with Crippen molar-refractivity contribution >= 4 is 15.8 Å². The molecule has 6 nitrogen and oxygen atoms in total. The van der Waals surface area contributed by atoms with E-state index in [-0.39, 0.29) is 0 Å². The summed E-state index contributed by atoms with van der Waals surface area (Å²) < 4.78 is 22.8. The standard InChI is InChI=1S/C17H22N4O2S/c1-24(22,23)16-7-5-14(6-8-16)9-12-20-17(18)21-13-10-15-4-2-3-11-19-15/h2-8,11H,9-10,12-13H2,1H3,(H3,18,20,21). The minimum absolute atomic E-state index is 0.329. The third kappa shape index (κ3) is 6.00. The average molecular weight is 346 g/mol. The van der Waals surface area contributed by atoms with Crippen molar-refractivity contribution in [3.63, 3.8) is 0 Å². The molecule has 0 aliphatic rings. The molecule has 3 N–H and O–H groups in total. The summed E-state index contributed by atoms with van der Waals surface area (Å²) in [6.07, 6.45) is 4.44. The Kier molecular flexibility index (Phi) is 6.31. The van der Waals surface area contributed by atoms with E-state index in [1.165, 1.54) is 6.26 Å². The Morgan fingerprint density at radius 3 is 2.54 bits per heavy atom. The molecule has 1 aromatic heterocycles. The van der Waals surface area contributed by atoms with Gasteiger partial charge in [-0.15, -0.1) is 0 Å². The van der Waals surface area contributed by atoms with E-state index in [0.29, 0.717) is 23.9 Å². The van der Waals surface area contributed by atoms with Crippen LogP contribution >= 0.6 is 0 Å². The summed E-state index contributed by atoms with van der Waals surface area (Å²) in [6, 6.07) is 12.6. The van der Waals surface area contributed by atoms with Crippen LogP contribution in [-0.4, -0.2) is 38.7 Å². The van der Waals surface area contributed by atoms with Crippen LogP contribution in [0.1, 0.15) is 11.3 Å². The summed E-state index contributed by atoms with van der Waals surface area (Å²) in [4.78, 5) is 8.82. The molecule has 2 aromatic rings. The largest absolute Gasteiger partial charge is 0.370 e. The lowest BCUT2D eigenvalue weighted by atomic mass is 10.1. The highest BCUT2D eigenvalue weighted by atomic mass is 32.2. The highest BCUT2D eigenvalue weighted by molar-refractivity contribution is 7.90. The molecular weight excluding hydrogens is 324 g/mol. The smallest absolute Gasteiger partial charge is 0.188 e. The van der Waals surface area contributed by atoms with Crippen molar-refractivity contribution < 1.29 is 8.42 Å². The fourth-order valence-corrected chi connectivity index (χ4v) is 2.76. The molecule has 0 radical (unpaired) electrons. The van der Waals surface area contributed by atoms with Gasteiger partial charge in [-0.2, -0.15) is 0 Å². The van der Waals surface area contributed by atoms with Crippen LogP contribution in [0.25, 0.3) is 0 Å². The van der Waals surface area contributed by atoms with Gasteiger partial charge in [0.05, 0.1) is 4.90 Å². The van der Waals surface area contributed by atoms with Crippen LogP contribution in [0, 0.1) is 0 Å². The van der Waals surface area contributed by atoms with Crippen LogP contribution in [0.15, 0.2) is 58.5 Å². The fourth-order valence-electron chi connectivity index (χ4n) is 2.13. The van der Waals surface area contributed by atoms with E-state index < -0.39 is 9.84 Å². The lowest BCUT2D eigenvalue weighted by Crippen LogP contribution is -2.33. The molecule has 0 spiro atoms. The van der Waals surface area contributed by atoms with Crippen LogP contribution in [0.2, 0.25) is 0 Å². The molecule has 128 valence electrons. The van der Waals surface area contributed by atoms with E-state index in [1.807, 2.05) is 30.3 Å². The number of rotatable bonds is 7. The molecule has 0 bridgehead atoms. The normalized spacial score (nSPS) is 12.1. The number of guanidine groups is 1. The molecule has 0 saturated heterocycles. The van der Waals surface area contributed by atoms with Gasteiger partial charge < -0.3 is 11.1 Å². The van der Waals surface area contributed by atoms with Gasteiger partial charge in [0.25, 0.3) is 0 Å². The molecule has 0 aliphatic heterocycles. The van der Waals surface area contributed by atoms with Gasteiger partial charge in [-0.05, 0) is 36.2 Å². The highest BCUT2D eigenvalue weighted by Gasteiger charge is 2.05. The number of benzene rings is 1. The van der Waals surface area contributed by atoms with Crippen molar-refractivity contribution in [2.75, 3.05) is 19.3 Å². The third-order valence-corrected chi connectivity index (χ3v) is 4.58. The number of aliphatic imine (C=N–C) groups is 1. The molecule has 0 saturated carbocycles. The maximum Gasteiger partial charge on any atom is 0.188 e. The van der Waals surface area contributed by atoms with E-state index in [2.05, 4.69) is 15.3 Å². The molecule has 0 fully saturated rings. The number of hydrogen-bond donors (Lipinski definition) is 2. The molecule has 0 aliphatic carbocycles. The minimum Gasteiger partial charge on any atom is -0.370 e. The molecule has 0 unspecified atom stereocenters. The van der Waals surface area contributed by atoms with Crippen LogP contribution in [0.5, 0.6) is 0 Å². The van der Waals surface area contributed by atoms with E-state index >= 15 is 0 Å². The Bertz CT molecular complexity index is 772. The molecule has 0 atom stereocenters. The third-order valence-electron chi connectivity index (χ3n) is 3.45. The van der Waals surface area contributed by atoms with Gasteiger partial charge in [0.15, 0.2) is 15.8 Å². The number of nitrogens with one attached hydrogen (secondary N) is 1. The molecule has 0 amide bonds. The second-order valence-corrected chi connectivity index (χ2v) is 7.45. The predicted molar refractivity (Wildman–Crippen MR) is 95.7 cm³/mol. The summed E-state index contributed by atoms with van der Waals surface area (Å²) in [7, 11) is -3.15. The number of aromatic nitrogens is 1. The first kappa shape index (κ1) is 17.9. The monoisotopic (exact) mass is 346 g/mol. The van der Waals surface area contributed by atoms with E-state index in [9.17, 15) is 8.42 Å². The number of nitrogens with zero attached hydrogens (tertiary/aromatic N) is 2. The zero-order valence-electron chi connectivity index (χ0n) is 13.6. The first-order valence-electron chi connectivity index (χ1n) is 7.68. The van der Waals surface area contributed by atoms with Crippen LogP contribution in [0.4, 0.5) is 0 Å². The average Bonchev–Trinajstić information content (AvgIpc) is 2.55. The van der Waals surface area contributed by atoms with Crippen LogP contribution in [-0.2, 0) is 22.7 Å².